The van der Waals surface area contributed by atoms with Crippen molar-refractivity contribution >= 4 is 35.0 Å². The molecule has 0 N–H and O–H groups in total. The lowest BCUT2D eigenvalue weighted by molar-refractivity contribution is 0.772. The average Bonchev–Trinajstić information content (AvgIpc) is 2.88. The Labute approximate surface area is 119 Å². The van der Waals surface area contributed by atoms with Gasteiger partial charge in [0.2, 0.25) is 5.28 Å². The molecule has 0 saturated carbocycles. The third kappa shape index (κ3) is 1.81. The van der Waals surface area contributed by atoms with Gasteiger partial charge in [-0.15, -0.1) is 11.8 Å². The number of fused-ring (bicyclic) bond motifs is 1. The molecule has 1 aliphatic heterocycles. The van der Waals surface area contributed by atoms with Gasteiger partial charge in [0.1, 0.15) is 0 Å². The predicted octanol–water partition coefficient (Wildman–Crippen LogP) is 3.23. The molecule has 0 atom stereocenters. The van der Waals surface area contributed by atoms with Gasteiger partial charge >= 0.3 is 0 Å². The number of halogens is 2. The van der Waals surface area contributed by atoms with Crippen LogP contribution >= 0.6 is 35.0 Å². The maximum atomic E-state index is 6.17. The number of nitrogens with zero attached hydrogens (tertiary/aromatic N) is 4. The SMILES string of the molecule is Cc1nn(-c2nc(Cl)nc3c2SCC3)c(C)c1Cl. The van der Waals surface area contributed by atoms with Crippen molar-refractivity contribution < 1.29 is 0 Å². The molecule has 3 rings (SSSR count). The minimum atomic E-state index is 0.259. The van der Waals surface area contributed by atoms with Crippen LogP contribution in [0.25, 0.3) is 5.82 Å². The summed E-state index contributed by atoms with van der Waals surface area (Å²) in [5.74, 6) is 1.74. The summed E-state index contributed by atoms with van der Waals surface area (Å²) in [6, 6.07) is 0. The van der Waals surface area contributed by atoms with E-state index in [9.17, 15) is 0 Å². The predicted molar refractivity (Wildman–Crippen MR) is 73.1 cm³/mol. The maximum absolute atomic E-state index is 6.17. The first-order valence-electron chi connectivity index (χ1n) is 5.49. The van der Waals surface area contributed by atoms with Gasteiger partial charge in [0.05, 0.1) is 27.0 Å². The van der Waals surface area contributed by atoms with Crippen molar-refractivity contribution in [2.75, 3.05) is 5.75 Å². The van der Waals surface area contributed by atoms with Gasteiger partial charge in [0.15, 0.2) is 5.82 Å². The van der Waals surface area contributed by atoms with Gasteiger partial charge in [0, 0.05) is 12.2 Å². The number of thioether (sulfide) groups is 1. The molecule has 2 aromatic heterocycles. The molecule has 0 bridgehead atoms. The highest BCUT2D eigenvalue weighted by molar-refractivity contribution is 7.99. The van der Waals surface area contributed by atoms with Crippen LogP contribution in [0, 0.1) is 13.8 Å². The Hall–Kier alpha value is -0.780. The molecular formula is C11H10Cl2N4S. The molecular weight excluding hydrogens is 291 g/mol. The van der Waals surface area contributed by atoms with Gasteiger partial charge in [-0.1, -0.05) is 11.6 Å². The van der Waals surface area contributed by atoms with Crippen LogP contribution in [0.1, 0.15) is 17.1 Å². The Morgan fingerprint density at radius 1 is 1.22 bits per heavy atom. The van der Waals surface area contributed by atoms with E-state index in [1.54, 1.807) is 16.4 Å². The molecule has 0 saturated heterocycles. The fraction of sp³-hybridized carbons (Fsp3) is 0.364. The number of hydrogen-bond donors (Lipinski definition) is 0. The van der Waals surface area contributed by atoms with Crippen LogP contribution in [0.3, 0.4) is 0 Å². The van der Waals surface area contributed by atoms with Crippen molar-refractivity contribution in [1.29, 1.82) is 0 Å². The fourth-order valence-electron chi connectivity index (χ4n) is 1.99. The monoisotopic (exact) mass is 300 g/mol. The summed E-state index contributed by atoms with van der Waals surface area (Å²) in [6.07, 6.45) is 0.919. The van der Waals surface area contributed by atoms with Gasteiger partial charge in [-0.2, -0.15) is 10.1 Å². The van der Waals surface area contributed by atoms with E-state index in [0.717, 1.165) is 40.0 Å². The summed E-state index contributed by atoms with van der Waals surface area (Å²) >= 11 is 13.9. The lowest BCUT2D eigenvalue weighted by Gasteiger charge is -2.08. The van der Waals surface area contributed by atoms with E-state index in [2.05, 4.69) is 15.1 Å². The van der Waals surface area contributed by atoms with E-state index in [1.165, 1.54) is 0 Å². The highest BCUT2D eigenvalue weighted by Gasteiger charge is 2.23. The van der Waals surface area contributed by atoms with E-state index in [-0.39, 0.29) is 5.28 Å². The zero-order chi connectivity index (χ0) is 12.9. The van der Waals surface area contributed by atoms with Gasteiger partial charge in [-0.25, -0.2) is 9.67 Å². The first-order valence-corrected chi connectivity index (χ1v) is 7.23. The Morgan fingerprint density at radius 2 is 2.00 bits per heavy atom. The zero-order valence-corrected chi connectivity index (χ0v) is 12.2. The number of aryl methyl sites for hydroxylation is 2. The summed E-state index contributed by atoms with van der Waals surface area (Å²) in [5.41, 5.74) is 2.66. The molecule has 0 aromatic carbocycles. The summed E-state index contributed by atoms with van der Waals surface area (Å²) in [4.78, 5) is 9.62. The molecule has 4 nitrogen and oxygen atoms in total. The largest absolute Gasteiger partial charge is 0.224 e. The van der Waals surface area contributed by atoms with Crippen LogP contribution < -0.4 is 0 Å². The second kappa shape index (κ2) is 4.40. The van der Waals surface area contributed by atoms with Crippen LogP contribution in [0.5, 0.6) is 0 Å². The number of rotatable bonds is 1. The van der Waals surface area contributed by atoms with Crippen molar-refractivity contribution in [2.24, 2.45) is 0 Å². The zero-order valence-electron chi connectivity index (χ0n) is 9.87. The molecule has 0 amide bonds. The Balaban J connectivity index is 2.26. The van der Waals surface area contributed by atoms with Crippen molar-refractivity contribution in [3.05, 3.63) is 27.4 Å². The normalized spacial score (nSPS) is 14.0. The Kier molecular flexibility index (Phi) is 3.00. The fourth-order valence-corrected chi connectivity index (χ4v) is 3.37. The van der Waals surface area contributed by atoms with E-state index < -0.39 is 0 Å². The van der Waals surface area contributed by atoms with Crippen LogP contribution in [-0.2, 0) is 6.42 Å². The second-order valence-electron chi connectivity index (χ2n) is 4.09. The van der Waals surface area contributed by atoms with Crippen LogP contribution in [-0.4, -0.2) is 25.5 Å². The van der Waals surface area contributed by atoms with Crippen molar-refractivity contribution in [1.82, 2.24) is 19.7 Å². The van der Waals surface area contributed by atoms with Crippen LogP contribution in [0.2, 0.25) is 10.3 Å². The molecule has 94 valence electrons. The molecule has 7 heteroatoms. The molecule has 18 heavy (non-hydrogen) atoms. The summed E-state index contributed by atoms with van der Waals surface area (Å²) in [5, 5.41) is 5.35. The number of aromatic nitrogens is 4. The van der Waals surface area contributed by atoms with Gasteiger partial charge < -0.3 is 0 Å². The molecule has 0 aliphatic carbocycles. The topological polar surface area (TPSA) is 43.6 Å². The third-order valence-corrected chi connectivity index (χ3v) is 4.71. The summed E-state index contributed by atoms with van der Waals surface area (Å²) in [6.45, 7) is 3.80. The minimum absolute atomic E-state index is 0.259. The van der Waals surface area contributed by atoms with Gasteiger partial charge in [-0.05, 0) is 25.4 Å². The maximum Gasteiger partial charge on any atom is 0.224 e. The van der Waals surface area contributed by atoms with Crippen molar-refractivity contribution in [3.8, 4) is 5.82 Å². The minimum Gasteiger partial charge on any atom is -0.222 e. The van der Waals surface area contributed by atoms with Crippen molar-refractivity contribution in [3.63, 3.8) is 0 Å². The van der Waals surface area contributed by atoms with Gasteiger partial charge in [-0.3, -0.25) is 0 Å². The van der Waals surface area contributed by atoms with E-state index in [1.807, 2.05) is 13.8 Å². The smallest absolute Gasteiger partial charge is 0.222 e. The Bertz CT molecular complexity index is 638. The lowest BCUT2D eigenvalue weighted by Crippen LogP contribution is -2.06. The highest BCUT2D eigenvalue weighted by Crippen LogP contribution is 2.36. The first kappa shape index (κ1) is 12.3. The molecule has 0 unspecified atom stereocenters. The standard InChI is InChI=1S/C11H10Cl2N4S/c1-5-8(12)6(2)17(16-5)10-9-7(3-4-18-9)14-11(13)15-10/h3-4H2,1-2H3. The molecule has 0 fully saturated rings. The molecule has 3 heterocycles. The lowest BCUT2D eigenvalue weighted by atomic mass is 10.3. The average molecular weight is 301 g/mol. The molecule has 2 aromatic rings. The summed E-state index contributed by atoms with van der Waals surface area (Å²) < 4.78 is 1.75. The summed E-state index contributed by atoms with van der Waals surface area (Å²) in [7, 11) is 0. The van der Waals surface area contributed by atoms with Gasteiger partial charge in [0.25, 0.3) is 0 Å². The molecule has 0 radical (unpaired) electrons. The quantitative estimate of drug-likeness (QED) is 0.759. The molecule has 1 aliphatic rings. The second-order valence-corrected chi connectivity index (χ2v) is 5.91. The van der Waals surface area contributed by atoms with E-state index in [0.29, 0.717) is 5.02 Å². The van der Waals surface area contributed by atoms with E-state index >= 15 is 0 Å². The first-order chi connectivity index (χ1) is 8.58. The van der Waals surface area contributed by atoms with Crippen LogP contribution in [0.15, 0.2) is 4.90 Å². The van der Waals surface area contributed by atoms with Crippen LogP contribution in [0.4, 0.5) is 0 Å². The Morgan fingerprint density at radius 3 is 2.67 bits per heavy atom. The number of hydrogen-bond acceptors (Lipinski definition) is 4. The van der Waals surface area contributed by atoms with Crippen molar-refractivity contribution in [2.45, 2.75) is 25.2 Å². The third-order valence-electron chi connectivity index (χ3n) is 2.88. The van der Waals surface area contributed by atoms with E-state index in [4.69, 9.17) is 23.2 Å². The molecule has 0 spiro atoms. The highest BCUT2D eigenvalue weighted by atomic mass is 35.5.